The fourth-order valence-electron chi connectivity index (χ4n) is 5.43. The molecule has 2 amide bonds. The Morgan fingerprint density at radius 3 is 1.32 bits per heavy atom. The van der Waals surface area contributed by atoms with Gasteiger partial charge in [-0.15, -0.1) is 0 Å². The van der Waals surface area contributed by atoms with Crippen LogP contribution >= 0.6 is 0 Å². The minimum atomic E-state index is -0.132. The molecule has 38 heavy (non-hydrogen) atoms. The number of hydrazine groups is 2. The number of nitrogens with zero attached hydrogens (tertiary/aromatic N) is 3. The first-order valence-electron chi connectivity index (χ1n) is 15.8. The number of nitrogens with two attached hydrogens (primary N) is 2. The highest BCUT2D eigenvalue weighted by Crippen LogP contribution is 2.29. The van der Waals surface area contributed by atoms with Crippen LogP contribution in [0.1, 0.15) is 129 Å². The number of carbonyl (C=O) groups excluding carboxylic acids is 2. The third-order valence-electron chi connectivity index (χ3n) is 7.87. The minimum absolute atomic E-state index is 0.132. The lowest BCUT2D eigenvalue weighted by Crippen LogP contribution is -2.37. The number of hydrogen-bond acceptors (Lipinski definition) is 6. The molecule has 1 fully saturated rings. The number of imide groups is 1. The summed E-state index contributed by atoms with van der Waals surface area (Å²) < 4.78 is 0. The Kier molecular flexibility index (Phi) is 17.5. The van der Waals surface area contributed by atoms with Gasteiger partial charge < -0.3 is 0 Å². The van der Waals surface area contributed by atoms with Gasteiger partial charge in [-0.3, -0.25) is 26.2 Å². The zero-order valence-corrected chi connectivity index (χ0v) is 24.4. The number of likely N-dealkylation sites (tertiary alicyclic amines) is 1. The lowest BCUT2D eigenvalue weighted by atomic mass is 10.0. The quantitative estimate of drug-likeness (QED) is 0.0686. The van der Waals surface area contributed by atoms with E-state index < -0.39 is 0 Å². The number of allylic oxidation sites excluding steroid dienone is 2. The van der Waals surface area contributed by atoms with Crippen molar-refractivity contribution in [3.05, 3.63) is 23.3 Å². The SMILES string of the molecule is CCCCN(N)CCCCCCCCCCCCCCCCN(N)CCCN1C(=O)C2=CCCC=C2C1=O. The predicted octanol–water partition coefficient (Wildman–Crippen LogP) is 6.00. The smallest absolute Gasteiger partial charge is 0.261 e. The van der Waals surface area contributed by atoms with Crippen molar-refractivity contribution < 1.29 is 9.59 Å². The van der Waals surface area contributed by atoms with Crippen LogP contribution in [0.4, 0.5) is 0 Å². The summed E-state index contributed by atoms with van der Waals surface area (Å²) in [4.78, 5) is 26.3. The summed E-state index contributed by atoms with van der Waals surface area (Å²) in [7, 11) is 0. The van der Waals surface area contributed by atoms with Gasteiger partial charge in [-0.1, -0.05) is 103 Å². The first-order valence-corrected chi connectivity index (χ1v) is 15.8. The van der Waals surface area contributed by atoms with E-state index in [1.54, 1.807) is 0 Å². The summed E-state index contributed by atoms with van der Waals surface area (Å²) in [6.07, 6.45) is 27.2. The third kappa shape index (κ3) is 13.0. The van der Waals surface area contributed by atoms with Crippen LogP contribution in [-0.4, -0.2) is 59.5 Å². The van der Waals surface area contributed by atoms with Crippen LogP contribution in [0.2, 0.25) is 0 Å². The van der Waals surface area contributed by atoms with Crippen LogP contribution in [-0.2, 0) is 9.59 Å². The molecule has 218 valence electrons. The van der Waals surface area contributed by atoms with Gasteiger partial charge in [-0.2, -0.15) is 0 Å². The fraction of sp³-hybridized carbons (Fsp3) is 0.806. The van der Waals surface area contributed by atoms with Crippen molar-refractivity contribution in [1.29, 1.82) is 0 Å². The Labute approximate surface area is 233 Å². The van der Waals surface area contributed by atoms with Gasteiger partial charge >= 0.3 is 0 Å². The molecule has 0 spiro atoms. The molecule has 0 aromatic carbocycles. The van der Waals surface area contributed by atoms with E-state index in [2.05, 4.69) is 6.92 Å². The van der Waals surface area contributed by atoms with Gasteiger partial charge in [0.2, 0.25) is 0 Å². The van der Waals surface area contributed by atoms with E-state index in [-0.39, 0.29) is 11.8 Å². The van der Waals surface area contributed by atoms with Gasteiger partial charge in [0.25, 0.3) is 11.8 Å². The maximum Gasteiger partial charge on any atom is 0.261 e. The molecule has 0 radical (unpaired) electrons. The van der Waals surface area contributed by atoms with Crippen molar-refractivity contribution in [2.45, 2.75) is 129 Å². The lowest BCUT2D eigenvalue weighted by Gasteiger charge is -2.18. The standard InChI is InChI=1S/C31H57N5O2/c1-2-3-23-34(32)24-18-14-12-10-8-6-4-5-7-9-11-13-15-19-25-35(33)26-20-27-36-30(37)28-21-16-17-22-29(28)31(36)38/h21-22H,2-20,23-27,32-33H2,1H3. The van der Waals surface area contributed by atoms with Crippen LogP contribution in [0.25, 0.3) is 0 Å². The van der Waals surface area contributed by atoms with Crippen LogP contribution in [0.15, 0.2) is 23.3 Å². The van der Waals surface area contributed by atoms with Gasteiger partial charge in [-0.05, 0) is 38.5 Å². The van der Waals surface area contributed by atoms with Gasteiger partial charge in [0.05, 0.1) is 0 Å². The highest BCUT2D eigenvalue weighted by Gasteiger charge is 2.38. The molecular weight excluding hydrogens is 474 g/mol. The largest absolute Gasteiger partial charge is 0.274 e. The molecule has 1 saturated heterocycles. The summed E-state index contributed by atoms with van der Waals surface area (Å²) in [6.45, 7) is 6.34. The van der Waals surface area contributed by atoms with Crippen molar-refractivity contribution in [3.63, 3.8) is 0 Å². The minimum Gasteiger partial charge on any atom is -0.274 e. The summed E-state index contributed by atoms with van der Waals surface area (Å²) >= 11 is 0. The van der Waals surface area contributed by atoms with Crippen LogP contribution in [0, 0.1) is 0 Å². The van der Waals surface area contributed by atoms with E-state index in [1.807, 2.05) is 22.2 Å². The van der Waals surface area contributed by atoms with Gasteiger partial charge in [0, 0.05) is 43.9 Å². The molecule has 0 aromatic rings. The van der Waals surface area contributed by atoms with Crippen LogP contribution in [0.3, 0.4) is 0 Å². The first-order chi connectivity index (χ1) is 18.5. The molecule has 7 heteroatoms. The first kappa shape index (κ1) is 32.7. The van der Waals surface area contributed by atoms with E-state index in [0.717, 1.165) is 45.3 Å². The number of amides is 2. The number of rotatable bonds is 24. The highest BCUT2D eigenvalue weighted by atomic mass is 16.2. The van der Waals surface area contributed by atoms with Crippen molar-refractivity contribution in [1.82, 2.24) is 14.9 Å². The molecule has 1 aliphatic carbocycles. The molecule has 0 atom stereocenters. The summed E-state index contributed by atoms with van der Waals surface area (Å²) in [5.41, 5.74) is 1.20. The zero-order chi connectivity index (χ0) is 27.4. The van der Waals surface area contributed by atoms with Gasteiger partial charge in [-0.25, -0.2) is 10.0 Å². The topological polar surface area (TPSA) is 95.9 Å². The Hall–Kier alpha value is -1.54. The van der Waals surface area contributed by atoms with E-state index in [9.17, 15) is 9.59 Å². The van der Waals surface area contributed by atoms with E-state index in [0.29, 0.717) is 24.2 Å². The van der Waals surface area contributed by atoms with Crippen LogP contribution < -0.4 is 11.7 Å². The van der Waals surface area contributed by atoms with Crippen molar-refractivity contribution >= 4 is 11.8 Å². The zero-order valence-electron chi connectivity index (χ0n) is 24.4. The van der Waals surface area contributed by atoms with E-state index in [4.69, 9.17) is 11.7 Å². The molecule has 4 N–H and O–H groups in total. The second-order valence-electron chi connectivity index (χ2n) is 11.3. The predicted molar refractivity (Wildman–Crippen MR) is 158 cm³/mol. The molecule has 0 aromatic heterocycles. The van der Waals surface area contributed by atoms with Crippen molar-refractivity contribution in [2.75, 3.05) is 32.7 Å². The van der Waals surface area contributed by atoms with E-state index in [1.165, 1.54) is 101 Å². The van der Waals surface area contributed by atoms with Gasteiger partial charge in [0.1, 0.15) is 0 Å². The Balaban J connectivity index is 1.31. The summed E-state index contributed by atoms with van der Waals surface area (Å²) in [5, 5.41) is 3.83. The maximum absolute atomic E-state index is 12.4. The highest BCUT2D eigenvalue weighted by molar-refractivity contribution is 6.24. The average molecular weight is 532 g/mol. The molecule has 1 aliphatic heterocycles. The number of carbonyl (C=O) groups is 2. The normalized spacial score (nSPS) is 15.6. The lowest BCUT2D eigenvalue weighted by molar-refractivity contribution is -0.136. The Morgan fingerprint density at radius 2 is 0.921 bits per heavy atom. The molecule has 0 bridgehead atoms. The Morgan fingerprint density at radius 1 is 0.579 bits per heavy atom. The van der Waals surface area contributed by atoms with E-state index >= 15 is 0 Å². The summed E-state index contributed by atoms with van der Waals surface area (Å²) in [6, 6.07) is 0. The van der Waals surface area contributed by atoms with Gasteiger partial charge in [0.15, 0.2) is 0 Å². The van der Waals surface area contributed by atoms with Crippen molar-refractivity contribution in [2.24, 2.45) is 11.7 Å². The Bertz CT molecular complexity index is 704. The summed E-state index contributed by atoms with van der Waals surface area (Å²) in [5.74, 6) is 11.9. The molecule has 7 nitrogen and oxygen atoms in total. The fourth-order valence-corrected chi connectivity index (χ4v) is 5.43. The molecule has 1 heterocycles. The second kappa shape index (κ2) is 20.4. The average Bonchev–Trinajstić information content (AvgIpc) is 3.16. The third-order valence-corrected chi connectivity index (χ3v) is 7.87. The van der Waals surface area contributed by atoms with Crippen molar-refractivity contribution in [3.8, 4) is 0 Å². The molecule has 0 unspecified atom stereocenters. The number of fused-ring (bicyclic) bond motifs is 1. The van der Waals surface area contributed by atoms with Crippen LogP contribution in [0.5, 0.6) is 0 Å². The molecule has 2 aliphatic rings. The molecular formula is C31H57N5O2. The maximum atomic E-state index is 12.4. The number of unbranched alkanes of at least 4 members (excludes halogenated alkanes) is 14. The number of hydrogen-bond donors (Lipinski definition) is 2. The second-order valence-corrected chi connectivity index (χ2v) is 11.3. The molecule has 2 rings (SSSR count). The molecule has 0 saturated carbocycles. The monoisotopic (exact) mass is 531 g/mol.